The molecule has 8 nitrogen and oxygen atoms in total. The van der Waals surface area contributed by atoms with Gasteiger partial charge in [-0.1, -0.05) is 6.07 Å². The summed E-state index contributed by atoms with van der Waals surface area (Å²) >= 11 is 5.28. The van der Waals surface area contributed by atoms with E-state index in [1.165, 1.54) is 20.3 Å². The number of amides is 1. The van der Waals surface area contributed by atoms with Crippen LogP contribution in [0.3, 0.4) is 0 Å². The Hall–Kier alpha value is -3.46. The highest BCUT2D eigenvalue weighted by Gasteiger charge is 2.31. The molecule has 2 aromatic rings. The van der Waals surface area contributed by atoms with Gasteiger partial charge in [-0.3, -0.25) is 4.79 Å². The van der Waals surface area contributed by atoms with Crippen LogP contribution in [0.25, 0.3) is 0 Å². The number of anilines is 1. The van der Waals surface area contributed by atoms with Crippen molar-refractivity contribution in [2.45, 2.75) is 13.0 Å². The van der Waals surface area contributed by atoms with Gasteiger partial charge in [0.2, 0.25) is 0 Å². The van der Waals surface area contributed by atoms with Crippen molar-refractivity contribution in [3.63, 3.8) is 0 Å². The predicted molar refractivity (Wildman–Crippen MR) is 117 cm³/mol. The third-order valence-corrected chi connectivity index (χ3v) is 4.93. The van der Waals surface area contributed by atoms with Gasteiger partial charge in [0, 0.05) is 11.8 Å². The lowest BCUT2D eigenvalue weighted by atomic mass is 9.94. The third-order valence-electron chi connectivity index (χ3n) is 4.71. The molecule has 2 aromatic carbocycles. The highest BCUT2D eigenvalue weighted by atomic mass is 32.1. The molecule has 1 amide bonds. The standard InChI is InChI=1S/C21H23N3O5S/c1-11-18(20(26)23-14-7-6-13(27-2)10-16(14)28-3)19(24-21(30)22-11)12-5-8-15(25)17(9-12)29-4/h5-10,19,25H,1-4H3,(H,23,26)(H2,22,24,30)/t19-/m0/s1. The largest absolute Gasteiger partial charge is 0.504 e. The molecule has 9 heteroatoms. The molecule has 0 saturated carbocycles. The van der Waals surface area contributed by atoms with Gasteiger partial charge in [0.05, 0.1) is 38.6 Å². The Labute approximate surface area is 179 Å². The molecule has 3 rings (SSSR count). The van der Waals surface area contributed by atoms with Crippen molar-refractivity contribution in [3.05, 3.63) is 53.2 Å². The topological polar surface area (TPSA) is 101 Å². The highest BCUT2D eigenvalue weighted by Crippen LogP contribution is 2.35. The summed E-state index contributed by atoms with van der Waals surface area (Å²) in [4.78, 5) is 13.3. The number of nitrogens with one attached hydrogen (secondary N) is 3. The average molecular weight is 429 g/mol. The number of hydrogen-bond acceptors (Lipinski definition) is 6. The summed E-state index contributed by atoms with van der Waals surface area (Å²) in [6.07, 6.45) is 0. The Kier molecular flexibility index (Phi) is 6.31. The highest BCUT2D eigenvalue weighted by molar-refractivity contribution is 7.80. The lowest BCUT2D eigenvalue weighted by Gasteiger charge is -2.30. The molecular weight excluding hydrogens is 406 g/mol. The smallest absolute Gasteiger partial charge is 0.255 e. The molecule has 1 atom stereocenters. The minimum atomic E-state index is -0.544. The second-order valence-corrected chi connectivity index (χ2v) is 6.93. The van der Waals surface area contributed by atoms with E-state index in [0.717, 1.165) is 0 Å². The first-order chi connectivity index (χ1) is 14.4. The minimum absolute atomic E-state index is 0.00688. The van der Waals surface area contributed by atoms with Gasteiger partial charge < -0.3 is 35.3 Å². The molecule has 0 aromatic heterocycles. The lowest BCUT2D eigenvalue weighted by Crippen LogP contribution is -2.45. The maximum atomic E-state index is 13.3. The minimum Gasteiger partial charge on any atom is -0.504 e. The first-order valence-corrected chi connectivity index (χ1v) is 9.47. The van der Waals surface area contributed by atoms with E-state index >= 15 is 0 Å². The van der Waals surface area contributed by atoms with Crippen LogP contribution >= 0.6 is 12.2 Å². The molecule has 0 bridgehead atoms. The Bertz CT molecular complexity index is 1020. The van der Waals surface area contributed by atoms with Crippen LogP contribution in [0.15, 0.2) is 47.7 Å². The molecule has 0 aliphatic carbocycles. The van der Waals surface area contributed by atoms with E-state index in [-0.39, 0.29) is 11.7 Å². The molecule has 0 fully saturated rings. The van der Waals surface area contributed by atoms with Gasteiger partial charge in [-0.25, -0.2) is 0 Å². The van der Waals surface area contributed by atoms with Crippen molar-refractivity contribution in [2.75, 3.05) is 26.6 Å². The molecule has 0 spiro atoms. The Morgan fingerprint density at radius 1 is 1.07 bits per heavy atom. The van der Waals surface area contributed by atoms with Crippen LogP contribution in [-0.2, 0) is 4.79 Å². The van der Waals surface area contributed by atoms with Crippen LogP contribution in [0.1, 0.15) is 18.5 Å². The van der Waals surface area contributed by atoms with Gasteiger partial charge in [0.25, 0.3) is 5.91 Å². The van der Waals surface area contributed by atoms with Crippen molar-refractivity contribution in [3.8, 4) is 23.0 Å². The molecule has 1 aliphatic heterocycles. The normalized spacial score (nSPS) is 15.7. The number of allylic oxidation sites excluding steroid dienone is 1. The SMILES string of the molecule is COc1ccc(NC(=O)C2=C(C)NC(=S)N[C@H]2c2ccc(O)c(OC)c2)c(OC)c1. The van der Waals surface area contributed by atoms with E-state index in [0.29, 0.717) is 44.9 Å². The van der Waals surface area contributed by atoms with Gasteiger partial charge in [-0.2, -0.15) is 0 Å². The summed E-state index contributed by atoms with van der Waals surface area (Å²) in [5.74, 6) is 1.05. The number of benzene rings is 2. The van der Waals surface area contributed by atoms with Crippen molar-refractivity contribution in [1.82, 2.24) is 10.6 Å². The van der Waals surface area contributed by atoms with Crippen LogP contribution in [0.5, 0.6) is 23.0 Å². The zero-order valence-corrected chi connectivity index (χ0v) is 17.8. The Morgan fingerprint density at radius 2 is 1.80 bits per heavy atom. The van der Waals surface area contributed by atoms with E-state index in [2.05, 4.69) is 16.0 Å². The van der Waals surface area contributed by atoms with Crippen LogP contribution in [-0.4, -0.2) is 37.5 Å². The van der Waals surface area contributed by atoms with Gasteiger partial charge >= 0.3 is 0 Å². The average Bonchev–Trinajstić information content (AvgIpc) is 2.73. The molecule has 0 unspecified atom stereocenters. The summed E-state index contributed by atoms with van der Waals surface area (Å²) < 4.78 is 15.8. The molecule has 0 saturated heterocycles. The Morgan fingerprint density at radius 3 is 2.47 bits per heavy atom. The number of aromatic hydroxyl groups is 1. The first kappa shape index (κ1) is 21.3. The van der Waals surface area contributed by atoms with Crippen LogP contribution in [0.2, 0.25) is 0 Å². The summed E-state index contributed by atoms with van der Waals surface area (Å²) in [5, 5.41) is 19.3. The van der Waals surface area contributed by atoms with E-state index in [4.69, 9.17) is 26.4 Å². The lowest BCUT2D eigenvalue weighted by molar-refractivity contribution is -0.113. The number of rotatable bonds is 6. The first-order valence-electron chi connectivity index (χ1n) is 9.06. The predicted octanol–water partition coefficient (Wildman–Crippen LogP) is 2.85. The second kappa shape index (κ2) is 8.91. The molecule has 158 valence electrons. The van der Waals surface area contributed by atoms with E-state index < -0.39 is 6.04 Å². The van der Waals surface area contributed by atoms with Crippen molar-refractivity contribution in [2.24, 2.45) is 0 Å². The number of phenolic OH excluding ortho intramolecular Hbond substituents is 1. The summed E-state index contributed by atoms with van der Waals surface area (Å²) in [6.45, 7) is 1.78. The molecule has 4 N–H and O–H groups in total. The van der Waals surface area contributed by atoms with Crippen LogP contribution < -0.4 is 30.2 Å². The van der Waals surface area contributed by atoms with E-state index in [9.17, 15) is 9.90 Å². The summed E-state index contributed by atoms with van der Waals surface area (Å²) in [7, 11) is 4.53. The monoisotopic (exact) mass is 429 g/mol. The van der Waals surface area contributed by atoms with Crippen molar-refractivity contribution in [1.29, 1.82) is 0 Å². The number of hydrogen-bond donors (Lipinski definition) is 4. The Balaban J connectivity index is 1.98. The number of carbonyl (C=O) groups excluding carboxylic acids is 1. The van der Waals surface area contributed by atoms with Crippen molar-refractivity contribution >= 4 is 28.9 Å². The number of carbonyl (C=O) groups is 1. The van der Waals surface area contributed by atoms with Crippen LogP contribution in [0.4, 0.5) is 5.69 Å². The van der Waals surface area contributed by atoms with Gasteiger partial charge in [-0.05, 0) is 49.0 Å². The zero-order valence-electron chi connectivity index (χ0n) is 17.0. The quantitative estimate of drug-likeness (QED) is 0.520. The van der Waals surface area contributed by atoms with Gasteiger partial charge in [0.15, 0.2) is 16.6 Å². The number of methoxy groups -OCH3 is 3. The van der Waals surface area contributed by atoms with Gasteiger partial charge in [-0.15, -0.1) is 0 Å². The molecule has 1 aliphatic rings. The van der Waals surface area contributed by atoms with Crippen LogP contribution in [0, 0.1) is 0 Å². The number of phenols is 1. The fourth-order valence-corrected chi connectivity index (χ4v) is 3.48. The summed E-state index contributed by atoms with van der Waals surface area (Å²) in [5.41, 5.74) is 2.26. The fourth-order valence-electron chi connectivity index (χ4n) is 3.21. The van der Waals surface area contributed by atoms with Gasteiger partial charge in [0.1, 0.15) is 11.5 Å². The summed E-state index contributed by atoms with van der Waals surface area (Å²) in [6, 6.07) is 9.46. The molecule has 1 heterocycles. The third kappa shape index (κ3) is 4.25. The molecule has 30 heavy (non-hydrogen) atoms. The molecule has 0 radical (unpaired) electrons. The van der Waals surface area contributed by atoms with E-state index in [1.54, 1.807) is 44.4 Å². The number of ether oxygens (including phenoxy) is 3. The fraction of sp³-hybridized carbons (Fsp3) is 0.238. The number of thiocarbonyl (C=S) groups is 1. The maximum absolute atomic E-state index is 13.3. The van der Waals surface area contributed by atoms with E-state index in [1.807, 2.05) is 0 Å². The maximum Gasteiger partial charge on any atom is 0.255 e. The zero-order chi connectivity index (χ0) is 21.8. The molecular formula is C21H23N3O5S. The second-order valence-electron chi connectivity index (χ2n) is 6.52. The van der Waals surface area contributed by atoms with Crippen molar-refractivity contribution < 1.29 is 24.1 Å².